The van der Waals surface area contributed by atoms with Gasteiger partial charge in [0, 0.05) is 13.1 Å². The number of rotatable bonds is 3. The summed E-state index contributed by atoms with van der Waals surface area (Å²) in [7, 11) is -3.28. The van der Waals surface area contributed by atoms with Crippen molar-refractivity contribution in [2.45, 2.75) is 33.6 Å². The SMILES string of the molecule is CC(C)(C)C1CCN(S(=O)(=O)CC(N)=S)CC1. The second-order valence-corrected chi connectivity index (χ2v) is 8.26. The molecule has 0 saturated carbocycles. The Morgan fingerprint density at radius 2 is 1.82 bits per heavy atom. The molecule has 6 heteroatoms. The Bertz CT molecular complexity index is 377. The van der Waals surface area contributed by atoms with E-state index in [-0.39, 0.29) is 16.2 Å². The lowest BCUT2D eigenvalue weighted by atomic mass is 9.76. The summed E-state index contributed by atoms with van der Waals surface area (Å²) >= 11 is 4.67. The van der Waals surface area contributed by atoms with Gasteiger partial charge in [0.15, 0.2) is 0 Å². The average molecular weight is 278 g/mol. The lowest BCUT2D eigenvalue weighted by Gasteiger charge is -2.38. The van der Waals surface area contributed by atoms with Gasteiger partial charge in [-0.1, -0.05) is 33.0 Å². The first kappa shape index (κ1) is 14.9. The first-order valence-electron chi connectivity index (χ1n) is 5.89. The van der Waals surface area contributed by atoms with Crippen LogP contribution in [0.4, 0.5) is 0 Å². The number of hydrogen-bond donors (Lipinski definition) is 1. The summed E-state index contributed by atoms with van der Waals surface area (Å²) in [4.78, 5) is 0.0444. The minimum Gasteiger partial charge on any atom is -0.392 e. The summed E-state index contributed by atoms with van der Waals surface area (Å²) in [5.41, 5.74) is 5.56. The van der Waals surface area contributed by atoms with Crippen molar-refractivity contribution in [3.63, 3.8) is 0 Å². The van der Waals surface area contributed by atoms with Crippen LogP contribution in [0, 0.1) is 11.3 Å². The summed E-state index contributed by atoms with van der Waals surface area (Å²) in [6, 6.07) is 0. The maximum atomic E-state index is 11.9. The minimum atomic E-state index is -3.28. The van der Waals surface area contributed by atoms with Gasteiger partial charge in [-0.15, -0.1) is 0 Å². The maximum absolute atomic E-state index is 11.9. The van der Waals surface area contributed by atoms with E-state index in [2.05, 4.69) is 33.0 Å². The highest BCUT2D eigenvalue weighted by molar-refractivity contribution is 7.92. The van der Waals surface area contributed by atoms with E-state index in [0.29, 0.717) is 19.0 Å². The standard InChI is InChI=1S/C11H22N2O2S2/c1-11(2,3)9-4-6-13(7-5-9)17(14,15)8-10(12)16/h9H,4-8H2,1-3H3,(H2,12,16). The third-order valence-electron chi connectivity index (χ3n) is 3.40. The van der Waals surface area contributed by atoms with E-state index < -0.39 is 10.0 Å². The van der Waals surface area contributed by atoms with Crippen LogP contribution < -0.4 is 5.73 Å². The summed E-state index contributed by atoms with van der Waals surface area (Å²) < 4.78 is 25.3. The van der Waals surface area contributed by atoms with Crippen molar-refractivity contribution < 1.29 is 8.42 Å². The van der Waals surface area contributed by atoms with E-state index in [0.717, 1.165) is 12.8 Å². The van der Waals surface area contributed by atoms with Gasteiger partial charge in [-0.05, 0) is 24.2 Å². The number of sulfonamides is 1. The van der Waals surface area contributed by atoms with Gasteiger partial charge in [0.2, 0.25) is 10.0 Å². The van der Waals surface area contributed by atoms with Crippen molar-refractivity contribution in [3.8, 4) is 0 Å². The molecular formula is C11H22N2O2S2. The first-order valence-corrected chi connectivity index (χ1v) is 7.91. The van der Waals surface area contributed by atoms with E-state index in [9.17, 15) is 8.42 Å². The number of nitrogens with zero attached hydrogens (tertiary/aromatic N) is 1. The molecule has 1 saturated heterocycles. The van der Waals surface area contributed by atoms with Gasteiger partial charge in [0.05, 0.1) is 4.99 Å². The molecule has 0 aromatic rings. The quantitative estimate of drug-likeness (QED) is 0.792. The van der Waals surface area contributed by atoms with E-state index in [1.807, 2.05) is 0 Å². The molecule has 2 N–H and O–H groups in total. The number of hydrogen-bond acceptors (Lipinski definition) is 3. The molecular weight excluding hydrogens is 256 g/mol. The molecule has 0 amide bonds. The summed E-state index contributed by atoms with van der Waals surface area (Å²) in [5.74, 6) is 0.376. The topological polar surface area (TPSA) is 63.4 Å². The van der Waals surface area contributed by atoms with Gasteiger partial charge >= 0.3 is 0 Å². The van der Waals surface area contributed by atoms with Crippen LogP contribution in [0.15, 0.2) is 0 Å². The van der Waals surface area contributed by atoms with E-state index in [1.54, 1.807) is 0 Å². The van der Waals surface area contributed by atoms with Gasteiger partial charge < -0.3 is 5.73 Å². The number of nitrogens with two attached hydrogens (primary N) is 1. The fourth-order valence-corrected chi connectivity index (χ4v) is 4.03. The van der Waals surface area contributed by atoms with Crippen molar-refractivity contribution in [1.29, 1.82) is 0 Å². The summed E-state index contributed by atoms with van der Waals surface area (Å²) in [5, 5.41) is 0. The molecule has 0 spiro atoms. The molecule has 1 rings (SSSR count). The Kier molecular flexibility index (Phi) is 4.54. The molecule has 1 aliphatic rings. The van der Waals surface area contributed by atoms with E-state index >= 15 is 0 Å². The zero-order chi connectivity index (χ0) is 13.3. The fraction of sp³-hybridized carbons (Fsp3) is 0.909. The molecule has 0 aromatic carbocycles. The zero-order valence-corrected chi connectivity index (χ0v) is 12.4. The van der Waals surface area contributed by atoms with Crippen molar-refractivity contribution in [2.24, 2.45) is 17.1 Å². The predicted octanol–water partition coefficient (Wildman–Crippen LogP) is 1.36. The minimum absolute atomic E-state index is 0.0444. The van der Waals surface area contributed by atoms with E-state index in [1.165, 1.54) is 4.31 Å². The van der Waals surface area contributed by atoms with Crippen LogP contribution in [0.1, 0.15) is 33.6 Å². The van der Waals surface area contributed by atoms with Crippen LogP contribution in [0.2, 0.25) is 0 Å². The Hall–Kier alpha value is -0.200. The molecule has 17 heavy (non-hydrogen) atoms. The van der Waals surface area contributed by atoms with Crippen molar-refractivity contribution in [3.05, 3.63) is 0 Å². The lowest BCUT2D eigenvalue weighted by Crippen LogP contribution is -2.43. The summed E-state index contributed by atoms with van der Waals surface area (Å²) in [6.45, 7) is 7.80. The third-order valence-corrected chi connectivity index (χ3v) is 5.55. The highest BCUT2D eigenvalue weighted by atomic mass is 32.2. The van der Waals surface area contributed by atoms with Crippen molar-refractivity contribution in [2.75, 3.05) is 18.8 Å². The Morgan fingerprint density at radius 1 is 1.35 bits per heavy atom. The Balaban J connectivity index is 2.61. The molecule has 0 radical (unpaired) electrons. The van der Waals surface area contributed by atoms with Crippen LogP contribution in [0.3, 0.4) is 0 Å². The first-order chi connectivity index (χ1) is 7.63. The largest absolute Gasteiger partial charge is 0.392 e. The Labute approximate surface area is 110 Å². The van der Waals surface area contributed by atoms with Gasteiger partial charge in [0.25, 0.3) is 0 Å². The second kappa shape index (κ2) is 5.20. The molecule has 0 unspecified atom stereocenters. The molecule has 0 aromatic heterocycles. The van der Waals surface area contributed by atoms with Crippen molar-refractivity contribution in [1.82, 2.24) is 4.31 Å². The van der Waals surface area contributed by atoms with Gasteiger partial charge in [-0.3, -0.25) is 0 Å². The maximum Gasteiger partial charge on any atom is 0.220 e. The van der Waals surface area contributed by atoms with Crippen LogP contribution in [0.5, 0.6) is 0 Å². The van der Waals surface area contributed by atoms with Gasteiger partial charge in [-0.2, -0.15) is 0 Å². The highest BCUT2D eigenvalue weighted by Crippen LogP contribution is 2.34. The van der Waals surface area contributed by atoms with E-state index in [4.69, 9.17) is 5.73 Å². The second-order valence-electron chi connectivity index (χ2n) is 5.76. The molecule has 1 aliphatic heterocycles. The Morgan fingerprint density at radius 3 is 2.18 bits per heavy atom. The highest BCUT2D eigenvalue weighted by Gasteiger charge is 2.33. The zero-order valence-electron chi connectivity index (χ0n) is 10.8. The molecule has 4 nitrogen and oxygen atoms in total. The smallest absolute Gasteiger partial charge is 0.220 e. The van der Waals surface area contributed by atoms with Crippen molar-refractivity contribution >= 4 is 27.2 Å². The normalized spacial score (nSPS) is 20.4. The third kappa shape index (κ3) is 4.19. The van der Waals surface area contributed by atoms with Gasteiger partial charge in [-0.25, -0.2) is 12.7 Å². The number of piperidine rings is 1. The monoisotopic (exact) mass is 278 g/mol. The number of thiocarbonyl (C=S) groups is 1. The molecule has 100 valence electrons. The van der Waals surface area contributed by atoms with Crippen LogP contribution in [0.25, 0.3) is 0 Å². The van der Waals surface area contributed by atoms with Crippen LogP contribution in [-0.4, -0.2) is 36.6 Å². The van der Waals surface area contributed by atoms with Crippen LogP contribution in [-0.2, 0) is 10.0 Å². The molecule has 1 fully saturated rings. The predicted molar refractivity (Wildman–Crippen MR) is 74.3 cm³/mol. The molecule has 1 heterocycles. The molecule has 0 aliphatic carbocycles. The summed E-state index contributed by atoms with van der Waals surface area (Å²) in [6.07, 6.45) is 1.83. The molecule has 0 bridgehead atoms. The fourth-order valence-electron chi connectivity index (χ4n) is 2.27. The van der Waals surface area contributed by atoms with Crippen LogP contribution >= 0.6 is 12.2 Å². The lowest BCUT2D eigenvalue weighted by molar-refractivity contribution is 0.154. The average Bonchev–Trinajstić information content (AvgIpc) is 2.14. The van der Waals surface area contributed by atoms with Gasteiger partial charge in [0.1, 0.15) is 5.75 Å². The molecule has 0 atom stereocenters.